The summed E-state index contributed by atoms with van der Waals surface area (Å²) < 4.78 is 13.2. The van der Waals surface area contributed by atoms with Gasteiger partial charge in [0, 0.05) is 25.6 Å². The van der Waals surface area contributed by atoms with Crippen molar-refractivity contribution in [2.24, 2.45) is 5.92 Å². The molecule has 3 nitrogen and oxygen atoms in total. The molecule has 0 saturated carbocycles. The maximum absolute atomic E-state index is 13.2. The van der Waals surface area contributed by atoms with E-state index in [4.69, 9.17) is 0 Å². The van der Waals surface area contributed by atoms with Gasteiger partial charge in [0.05, 0.1) is 4.88 Å². The van der Waals surface area contributed by atoms with Crippen molar-refractivity contribution in [3.63, 3.8) is 0 Å². The molecule has 2 aliphatic rings. The van der Waals surface area contributed by atoms with Crippen molar-refractivity contribution in [1.82, 2.24) is 9.80 Å². The van der Waals surface area contributed by atoms with Crippen LogP contribution in [0, 0.1) is 11.7 Å². The van der Waals surface area contributed by atoms with Gasteiger partial charge in [0.25, 0.3) is 5.91 Å². The molecule has 4 heterocycles. The third kappa shape index (κ3) is 4.61. The van der Waals surface area contributed by atoms with Crippen LogP contribution in [0.25, 0.3) is 0 Å². The SMILES string of the molecule is O=C(c1cccs1)N1CC(CN2CCC(c3ccc(F)cc3)CC2)C(c2ccsc2)C1. The highest BCUT2D eigenvalue weighted by Gasteiger charge is 2.38. The molecule has 0 spiro atoms. The zero-order valence-electron chi connectivity index (χ0n) is 17.5. The van der Waals surface area contributed by atoms with Crippen LogP contribution in [0.3, 0.4) is 0 Å². The fraction of sp³-hybridized carbons (Fsp3) is 0.400. The van der Waals surface area contributed by atoms with E-state index in [1.807, 2.05) is 29.6 Å². The lowest BCUT2D eigenvalue weighted by molar-refractivity contribution is 0.0786. The Morgan fingerprint density at radius 2 is 1.81 bits per heavy atom. The summed E-state index contributed by atoms with van der Waals surface area (Å²) in [5.74, 6) is 1.40. The second-order valence-corrected chi connectivity index (χ2v) is 10.5. The van der Waals surface area contributed by atoms with E-state index in [0.717, 1.165) is 50.4 Å². The van der Waals surface area contributed by atoms with Crippen LogP contribution in [0.15, 0.2) is 58.6 Å². The van der Waals surface area contributed by atoms with E-state index in [0.29, 0.717) is 17.8 Å². The number of likely N-dealkylation sites (tertiary alicyclic amines) is 2. The third-order valence-corrected chi connectivity index (χ3v) is 8.41. The second kappa shape index (κ2) is 9.23. The van der Waals surface area contributed by atoms with Crippen LogP contribution in [0.2, 0.25) is 0 Å². The average molecular weight is 455 g/mol. The minimum atomic E-state index is -0.163. The molecule has 1 aromatic carbocycles. The lowest BCUT2D eigenvalue weighted by Gasteiger charge is -2.34. The summed E-state index contributed by atoms with van der Waals surface area (Å²) in [4.78, 5) is 18.5. The summed E-state index contributed by atoms with van der Waals surface area (Å²) >= 11 is 3.27. The van der Waals surface area contributed by atoms with Crippen molar-refractivity contribution >= 4 is 28.6 Å². The number of hydrogen-bond acceptors (Lipinski definition) is 4. The third-order valence-electron chi connectivity index (χ3n) is 6.85. The summed E-state index contributed by atoms with van der Waals surface area (Å²) in [5.41, 5.74) is 2.63. The summed E-state index contributed by atoms with van der Waals surface area (Å²) in [6, 6.07) is 13.1. The molecule has 0 bridgehead atoms. The standard InChI is InChI=1S/C25H27FN2OS2/c26-22-5-3-18(4-6-22)19-7-10-27(11-8-19)14-21-15-28(25(29)24-2-1-12-31-24)16-23(21)20-9-13-30-17-20/h1-6,9,12-13,17,19,21,23H,7-8,10-11,14-16H2. The van der Waals surface area contributed by atoms with Crippen LogP contribution < -0.4 is 0 Å². The molecule has 31 heavy (non-hydrogen) atoms. The van der Waals surface area contributed by atoms with Crippen LogP contribution >= 0.6 is 22.7 Å². The van der Waals surface area contributed by atoms with E-state index < -0.39 is 0 Å². The number of benzene rings is 1. The van der Waals surface area contributed by atoms with Crippen LogP contribution in [0.5, 0.6) is 0 Å². The fourth-order valence-electron chi connectivity index (χ4n) is 5.16. The van der Waals surface area contributed by atoms with Gasteiger partial charge in [0.15, 0.2) is 0 Å². The second-order valence-electron chi connectivity index (χ2n) is 8.74. The van der Waals surface area contributed by atoms with E-state index >= 15 is 0 Å². The molecule has 2 fully saturated rings. The number of piperidine rings is 1. The maximum atomic E-state index is 13.2. The van der Waals surface area contributed by atoms with Crippen LogP contribution in [-0.2, 0) is 0 Å². The van der Waals surface area contributed by atoms with E-state index in [1.54, 1.807) is 23.5 Å². The van der Waals surface area contributed by atoms with Crippen molar-refractivity contribution in [2.75, 3.05) is 32.7 Å². The normalized spacial score (nSPS) is 22.8. The van der Waals surface area contributed by atoms with Gasteiger partial charge in [0.1, 0.15) is 5.82 Å². The number of halogens is 1. The molecule has 3 aromatic rings. The molecule has 6 heteroatoms. The highest BCUT2D eigenvalue weighted by molar-refractivity contribution is 7.12. The molecule has 2 unspecified atom stereocenters. The van der Waals surface area contributed by atoms with Crippen LogP contribution in [-0.4, -0.2) is 48.4 Å². The van der Waals surface area contributed by atoms with Gasteiger partial charge in [-0.15, -0.1) is 11.3 Å². The summed E-state index contributed by atoms with van der Waals surface area (Å²) in [6.07, 6.45) is 2.22. The lowest BCUT2D eigenvalue weighted by atomic mass is 9.87. The highest BCUT2D eigenvalue weighted by Crippen LogP contribution is 2.37. The molecule has 162 valence electrons. The van der Waals surface area contributed by atoms with Crippen LogP contribution in [0.4, 0.5) is 4.39 Å². The largest absolute Gasteiger partial charge is 0.337 e. The lowest BCUT2D eigenvalue weighted by Crippen LogP contribution is -2.38. The Balaban J connectivity index is 1.24. The number of thiophene rings is 2. The van der Waals surface area contributed by atoms with Crippen molar-refractivity contribution in [1.29, 1.82) is 0 Å². The monoisotopic (exact) mass is 454 g/mol. The number of hydrogen-bond donors (Lipinski definition) is 0. The molecular formula is C25H27FN2OS2. The Kier molecular flexibility index (Phi) is 6.21. The predicted molar refractivity (Wildman–Crippen MR) is 126 cm³/mol. The zero-order valence-corrected chi connectivity index (χ0v) is 19.1. The molecule has 2 aliphatic heterocycles. The Labute approximate surface area is 191 Å². The molecule has 2 atom stereocenters. The number of nitrogens with zero attached hydrogens (tertiary/aromatic N) is 2. The topological polar surface area (TPSA) is 23.6 Å². The summed E-state index contributed by atoms with van der Waals surface area (Å²) in [6.45, 7) is 4.80. The van der Waals surface area contributed by atoms with Gasteiger partial charge < -0.3 is 9.80 Å². The van der Waals surface area contributed by atoms with E-state index in [1.165, 1.54) is 22.5 Å². The Bertz CT molecular complexity index is 979. The zero-order chi connectivity index (χ0) is 21.2. The molecule has 0 aliphatic carbocycles. The molecule has 2 saturated heterocycles. The quantitative estimate of drug-likeness (QED) is 0.495. The van der Waals surface area contributed by atoms with E-state index in [9.17, 15) is 9.18 Å². The Morgan fingerprint density at radius 1 is 1.00 bits per heavy atom. The van der Waals surface area contributed by atoms with E-state index in [2.05, 4.69) is 26.6 Å². The average Bonchev–Trinajstić information content (AvgIpc) is 3.56. The molecule has 0 N–H and O–H groups in total. The number of rotatable bonds is 5. The number of carbonyl (C=O) groups is 1. The smallest absolute Gasteiger partial charge is 0.263 e. The van der Waals surface area contributed by atoms with Gasteiger partial charge in [-0.3, -0.25) is 4.79 Å². The number of amides is 1. The summed E-state index contributed by atoms with van der Waals surface area (Å²) in [7, 11) is 0. The molecule has 2 aromatic heterocycles. The van der Waals surface area contributed by atoms with Gasteiger partial charge in [-0.1, -0.05) is 18.2 Å². The van der Waals surface area contributed by atoms with Gasteiger partial charge in [-0.25, -0.2) is 4.39 Å². The highest BCUT2D eigenvalue weighted by atomic mass is 32.1. The first-order valence-corrected chi connectivity index (χ1v) is 12.8. The predicted octanol–water partition coefficient (Wildman–Crippen LogP) is 5.68. The van der Waals surface area contributed by atoms with Crippen LogP contribution in [0.1, 0.15) is 45.5 Å². The Morgan fingerprint density at radius 3 is 2.48 bits per heavy atom. The van der Waals surface area contributed by atoms with Crippen molar-refractivity contribution < 1.29 is 9.18 Å². The minimum absolute atomic E-state index is 0.163. The van der Waals surface area contributed by atoms with Crippen molar-refractivity contribution in [2.45, 2.75) is 24.7 Å². The fourth-order valence-corrected chi connectivity index (χ4v) is 6.57. The van der Waals surface area contributed by atoms with Crippen molar-refractivity contribution in [3.05, 3.63) is 80.4 Å². The first kappa shape index (κ1) is 20.9. The van der Waals surface area contributed by atoms with Gasteiger partial charge in [0.2, 0.25) is 0 Å². The molecule has 5 rings (SSSR count). The van der Waals surface area contributed by atoms with Crippen molar-refractivity contribution in [3.8, 4) is 0 Å². The Hall–Kier alpha value is -2.02. The molecule has 0 radical (unpaired) electrons. The maximum Gasteiger partial charge on any atom is 0.263 e. The van der Waals surface area contributed by atoms with Gasteiger partial charge in [-0.2, -0.15) is 11.3 Å². The first-order chi connectivity index (χ1) is 15.2. The van der Waals surface area contributed by atoms with E-state index in [-0.39, 0.29) is 11.7 Å². The minimum Gasteiger partial charge on any atom is -0.337 e. The van der Waals surface area contributed by atoms with Gasteiger partial charge >= 0.3 is 0 Å². The van der Waals surface area contributed by atoms with Gasteiger partial charge in [-0.05, 0) is 89.3 Å². The first-order valence-electron chi connectivity index (χ1n) is 11.0. The summed E-state index contributed by atoms with van der Waals surface area (Å²) in [5, 5.41) is 6.37. The molecular weight excluding hydrogens is 427 g/mol. The molecule has 1 amide bonds. The number of carbonyl (C=O) groups excluding carboxylic acids is 1.